The van der Waals surface area contributed by atoms with Crippen LogP contribution in [0.25, 0.3) is 0 Å². The van der Waals surface area contributed by atoms with Gasteiger partial charge >= 0.3 is 17.9 Å². The Labute approximate surface area is 191 Å². The zero-order valence-corrected chi connectivity index (χ0v) is 19.6. The van der Waals surface area contributed by atoms with Crippen molar-refractivity contribution >= 4 is 29.8 Å². The fourth-order valence-electron chi connectivity index (χ4n) is 1.18. The second-order valence-electron chi connectivity index (χ2n) is 6.98. The number of nitrogens with zero attached hydrogens (tertiary/aromatic N) is 1. The Kier molecular flexibility index (Phi) is 27.4. The van der Waals surface area contributed by atoms with E-state index >= 15 is 0 Å². The third-order valence-electron chi connectivity index (χ3n) is 2.71. The molecule has 198 valence electrons. The molecule has 0 aromatic carbocycles. The van der Waals surface area contributed by atoms with E-state index in [-0.39, 0.29) is 13.0 Å². The molecule has 0 bridgehead atoms. The van der Waals surface area contributed by atoms with Gasteiger partial charge < -0.3 is 55.2 Å². The third-order valence-corrected chi connectivity index (χ3v) is 2.71. The average molecular weight is 491 g/mol. The molecule has 0 rings (SSSR count). The number of carbonyl (C=O) groups is 5. The van der Waals surface area contributed by atoms with E-state index in [1.165, 1.54) is 0 Å². The number of likely N-dealkylation sites (N-methyl/N-ethyl adjacent to an activating group) is 1. The number of rotatable bonds is 9. The van der Waals surface area contributed by atoms with Crippen molar-refractivity contribution in [2.24, 2.45) is 0 Å². The molecule has 0 aliphatic heterocycles. The van der Waals surface area contributed by atoms with E-state index in [0.29, 0.717) is 0 Å². The zero-order chi connectivity index (χ0) is 28.0. The van der Waals surface area contributed by atoms with Crippen molar-refractivity contribution < 1.29 is 74.4 Å². The lowest BCUT2D eigenvalue weighted by atomic mass is 9.96. The van der Waals surface area contributed by atoms with Crippen LogP contribution in [0.4, 0.5) is 0 Å². The van der Waals surface area contributed by atoms with Gasteiger partial charge in [0.05, 0.1) is 46.6 Å². The first-order valence-corrected chi connectivity index (χ1v) is 9.09. The van der Waals surface area contributed by atoms with Crippen LogP contribution >= 0.6 is 0 Å². The third kappa shape index (κ3) is 40.1. The maximum absolute atomic E-state index is 10.2. The molecule has 0 aromatic heterocycles. The number of carbonyl (C=O) groups excluding carboxylic acids is 1. The van der Waals surface area contributed by atoms with Crippen LogP contribution in [0.15, 0.2) is 0 Å². The van der Waals surface area contributed by atoms with E-state index in [4.69, 9.17) is 45.6 Å². The molecule has 0 aliphatic rings. The number of aliphatic carboxylic acids is 5. The summed E-state index contributed by atoms with van der Waals surface area (Å²) in [7, 11) is 7.16. The van der Waals surface area contributed by atoms with E-state index < -0.39 is 54.4 Å². The molecule has 1 atom stereocenters. The molecule has 1 unspecified atom stereocenters. The second kappa shape index (κ2) is 22.3. The number of carboxylic acid groups (broad SMARTS) is 5. The molecule has 15 heteroatoms. The first-order valence-electron chi connectivity index (χ1n) is 9.09. The standard InChI is InChI=1S/C6H8O7.C5H14NO.C4H8O3.C2H4O2.CH4O/c7-3(8)1-6(13,5(11)12)2-4(9)10;1-6(2,3)4-5-7;1-2-3(5)4(6)7;1-2(3)4;1-2/h13H,1-2H2,(H,7,8)(H,9,10)(H,11,12);7H,4-5H2,1-3H3;3,5H,2H2,1H3,(H,6,7);1H3,(H,3,4);2H,1H3/q;+1;;;/p-1. The van der Waals surface area contributed by atoms with Gasteiger partial charge in [0.15, 0.2) is 6.10 Å². The summed E-state index contributed by atoms with van der Waals surface area (Å²) in [6, 6.07) is 0. The minimum atomic E-state index is -2.85. The zero-order valence-electron chi connectivity index (χ0n) is 19.6. The van der Waals surface area contributed by atoms with Crippen LogP contribution in [-0.4, -0.2) is 128 Å². The highest BCUT2D eigenvalue weighted by atomic mass is 16.4. The van der Waals surface area contributed by atoms with Crippen LogP contribution in [-0.2, 0) is 24.0 Å². The van der Waals surface area contributed by atoms with Crippen molar-refractivity contribution in [2.45, 2.75) is 44.8 Å². The Bertz CT molecular complexity index is 551. The van der Waals surface area contributed by atoms with Gasteiger partial charge in [0.2, 0.25) is 0 Å². The molecule has 0 saturated carbocycles. The monoisotopic (exact) mass is 491 g/mol. The van der Waals surface area contributed by atoms with Crippen molar-refractivity contribution in [1.82, 2.24) is 0 Å². The molecule has 0 aromatic rings. The van der Waals surface area contributed by atoms with Crippen LogP contribution < -0.4 is 5.11 Å². The average Bonchev–Trinajstić information content (AvgIpc) is 2.60. The van der Waals surface area contributed by atoms with Crippen molar-refractivity contribution in [3.05, 3.63) is 0 Å². The van der Waals surface area contributed by atoms with Gasteiger partial charge in [0, 0.05) is 14.0 Å². The molecule has 0 fully saturated rings. The first-order chi connectivity index (χ1) is 14.7. The number of hydrogen-bond donors (Lipinski definition) is 8. The van der Waals surface area contributed by atoms with Gasteiger partial charge in [0.25, 0.3) is 5.97 Å². The molecule has 0 heterocycles. The lowest BCUT2D eigenvalue weighted by molar-refractivity contribution is -0.870. The van der Waals surface area contributed by atoms with Crippen LogP contribution in [0.1, 0.15) is 33.1 Å². The van der Waals surface area contributed by atoms with Crippen molar-refractivity contribution in [3.8, 4) is 0 Å². The van der Waals surface area contributed by atoms with Gasteiger partial charge in [-0.15, -0.1) is 0 Å². The fraction of sp³-hybridized carbons (Fsp3) is 0.722. The summed E-state index contributed by atoms with van der Waals surface area (Å²) < 4.78 is 0.844. The minimum Gasteiger partial charge on any atom is -0.547 e. The topological polar surface area (TPSA) is 270 Å². The highest BCUT2D eigenvalue weighted by Gasteiger charge is 2.34. The highest BCUT2D eigenvalue weighted by Crippen LogP contribution is 2.14. The lowest BCUT2D eigenvalue weighted by Crippen LogP contribution is -2.51. The van der Waals surface area contributed by atoms with Crippen molar-refractivity contribution in [3.63, 3.8) is 0 Å². The first kappa shape index (κ1) is 40.5. The van der Waals surface area contributed by atoms with Crippen molar-refractivity contribution in [2.75, 3.05) is 41.4 Å². The molecular weight excluding hydrogens is 454 g/mol. The normalized spacial score (nSPS) is 10.6. The van der Waals surface area contributed by atoms with Gasteiger partial charge in [0.1, 0.15) is 12.1 Å². The summed E-state index contributed by atoms with van der Waals surface area (Å²) in [5.74, 6) is -7.33. The Balaban J connectivity index is -0.000000112. The van der Waals surface area contributed by atoms with Crippen LogP contribution in [0.3, 0.4) is 0 Å². The largest absolute Gasteiger partial charge is 0.547 e. The van der Waals surface area contributed by atoms with E-state index in [1.807, 2.05) is 0 Å². The molecule has 0 aliphatic carbocycles. The fourth-order valence-corrected chi connectivity index (χ4v) is 1.18. The summed E-state index contributed by atoms with van der Waals surface area (Å²) in [5.41, 5.74) is -2.85. The molecule has 8 N–H and O–H groups in total. The molecular formula is C18H37NO14. The van der Waals surface area contributed by atoms with Gasteiger partial charge in [-0.05, 0) is 6.42 Å². The van der Waals surface area contributed by atoms with Gasteiger partial charge in [-0.2, -0.15) is 0 Å². The predicted octanol–water partition coefficient (Wildman–Crippen LogP) is -3.36. The molecule has 15 nitrogen and oxygen atoms in total. The maximum Gasteiger partial charge on any atom is 0.332 e. The predicted molar refractivity (Wildman–Crippen MR) is 110 cm³/mol. The van der Waals surface area contributed by atoms with E-state index in [0.717, 1.165) is 25.1 Å². The van der Waals surface area contributed by atoms with Gasteiger partial charge in [-0.25, -0.2) is 4.79 Å². The lowest BCUT2D eigenvalue weighted by Gasteiger charge is -2.25. The number of aliphatic hydroxyl groups is 4. The number of aliphatic hydroxyl groups excluding tert-OH is 3. The van der Waals surface area contributed by atoms with Crippen molar-refractivity contribution in [1.29, 1.82) is 0 Å². The molecule has 0 spiro atoms. The van der Waals surface area contributed by atoms with Gasteiger partial charge in [-0.1, -0.05) is 6.92 Å². The van der Waals surface area contributed by atoms with Gasteiger partial charge in [-0.3, -0.25) is 14.4 Å². The smallest absolute Gasteiger partial charge is 0.332 e. The Morgan fingerprint density at radius 1 is 0.909 bits per heavy atom. The Morgan fingerprint density at radius 2 is 1.21 bits per heavy atom. The minimum absolute atomic E-state index is 0.273. The van der Waals surface area contributed by atoms with Crippen LogP contribution in [0.2, 0.25) is 0 Å². The maximum atomic E-state index is 10.2. The van der Waals surface area contributed by atoms with E-state index in [9.17, 15) is 24.3 Å². The summed E-state index contributed by atoms with van der Waals surface area (Å²) >= 11 is 0. The summed E-state index contributed by atoms with van der Waals surface area (Å²) in [5, 5.41) is 74.6. The summed E-state index contributed by atoms with van der Waals surface area (Å²) in [4.78, 5) is 49.0. The number of hydrogen-bond acceptors (Lipinski definition) is 10. The highest BCUT2D eigenvalue weighted by molar-refractivity contribution is 5.86. The van der Waals surface area contributed by atoms with Crippen LogP contribution in [0, 0.1) is 0 Å². The Morgan fingerprint density at radius 3 is 1.27 bits per heavy atom. The van der Waals surface area contributed by atoms with Crippen LogP contribution in [0.5, 0.6) is 0 Å². The number of carboxylic acids is 5. The molecule has 0 radical (unpaired) electrons. The van der Waals surface area contributed by atoms with E-state index in [2.05, 4.69) is 21.1 Å². The summed E-state index contributed by atoms with van der Waals surface area (Å²) in [6.45, 7) is 3.81. The molecule has 0 amide bonds. The second-order valence-corrected chi connectivity index (χ2v) is 6.98. The SMILES string of the molecule is CC(=O)O.CCC(O)C(=O)O.CO.C[N+](C)(C)CCO.O=C(O)CC(O)(CC(=O)O)C(=O)[O-]. The molecule has 0 saturated heterocycles. The summed E-state index contributed by atoms with van der Waals surface area (Å²) in [6.07, 6.45) is -3.32. The molecule has 33 heavy (non-hydrogen) atoms. The van der Waals surface area contributed by atoms with E-state index in [1.54, 1.807) is 6.92 Å². The number of quaternary nitrogens is 1. The quantitative estimate of drug-likeness (QED) is 0.146. The Hall–Kier alpha value is -2.85.